The molecule has 0 aliphatic heterocycles. The minimum atomic E-state index is -0.898. The number of alkyl halides is 1. The van der Waals surface area contributed by atoms with Crippen molar-refractivity contribution in [1.82, 2.24) is 0 Å². The van der Waals surface area contributed by atoms with E-state index in [4.69, 9.17) is 5.11 Å². The lowest BCUT2D eigenvalue weighted by Crippen LogP contribution is -1.95. The van der Waals surface area contributed by atoms with Gasteiger partial charge >= 0.3 is 5.97 Å². The number of thiophene rings is 1. The van der Waals surface area contributed by atoms with Crippen molar-refractivity contribution in [2.45, 2.75) is 5.33 Å². The lowest BCUT2D eigenvalue weighted by molar-refractivity contribution is 0.0697. The molecule has 4 heteroatoms. The normalized spacial score (nSPS) is 10.8. The molecule has 0 amide bonds. The predicted octanol–water partition coefficient (Wildman–Crippen LogP) is 5.16. The molecule has 0 aliphatic rings. The first-order valence-corrected chi connectivity index (χ1v) is 8.04. The SMILES string of the molecule is O=C(O)c1cccc(-c2cccc3sc(CBr)cc23)c1. The third-order valence-corrected chi connectivity index (χ3v) is 5.24. The highest BCUT2D eigenvalue weighted by Crippen LogP contribution is 2.35. The van der Waals surface area contributed by atoms with Crippen LogP contribution in [-0.2, 0) is 5.33 Å². The predicted molar refractivity (Wildman–Crippen MR) is 86.9 cm³/mol. The van der Waals surface area contributed by atoms with Crippen LogP contribution in [0.2, 0.25) is 0 Å². The van der Waals surface area contributed by atoms with E-state index in [1.165, 1.54) is 15.0 Å². The summed E-state index contributed by atoms with van der Waals surface area (Å²) in [4.78, 5) is 12.4. The Labute approximate surface area is 128 Å². The molecule has 1 heterocycles. The van der Waals surface area contributed by atoms with Gasteiger partial charge in [-0.05, 0) is 35.4 Å². The van der Waals surface area contributed by atoms with Gasteiger partial charge in [0, 0.05) is 20.3 Å². The maximum Gasteiger partial charge on any atom is 0.335 e. The number of carboxylic acid groups (broad SMARTS) is 1. The van der Waals surface area contributed by atoms with Crippen molar-refractivity contribution < 1.29 is 9.90 Å². The van der Waals surface area contributed by atoms with Crippen molar-refractivity contribution in [3.63, 3.8) is 0 Å². The van der Waals surface area contributed by atoms with Crippen LogP contribution in [0.5, 0.6) is 0 Å². The van der Waals surface area contributed by atoms with Gasteiger partial charge in [0.05, 0.1) is 5.56 Å². The van der Waals surface area contributed by atoms with E-state index in [-0.39, 0.29) is 0 Å². The zero-order valence-corrected chi connectivity index (χ0v) is 12.9. The maximum absolute atomic E-state index is 11.1. The molecule has 3 rings (SSSR count). The lowest BCUT2D eigenvalue weighted by atomic mass is 10.00. The highest BCUT2D eigenvalue weighted by atomic mass is 79.9. The molecule has 1 N–H and O–H groups in total. The minimum absolute atomic E-state index is 0.315. The Bertz CT molecular complexity index is 792. The molecule has 0 aliphatic carbocycles. The van der Waals surface area contributed by atoms with Crippen LogP contribution in [0.1, 0.15) is 15.2 Å². The van der Waals surface area contributed by atoms with Gasteiger partial charge in [0.1, 0.15) is 0 Å². The van der Waals surface area contributed by atoms with Gasteiger partial charge in [-0.15, -0.1) is 11.3 Å². The highest BCUT2D eigenvalue weighted by Gasteiger charge is 2.09. The van der Waals surface area contributed by atoms with E-state index in [0.717, 1.165) is 16.5 Å². The molecule has 0 saturated heterocycles. The molecule has 0 spiro atoms. The highest BCUT2D eigenvalue weighted by molar-refractivity contribution is 9.08. The van der Waals surface area contributed by atoms with Gasteiger partial charge in [0.2, 0.25) is 0 Å². The number of aromatic carboxylic acids is 1. The maximum atomic E-state index is 11.1. The third kappa shape index (κ3) is 2.37. The van der Waals surface area contributed by atoms with Gasteiger partial charge in [-0.1, -0.05) is 40.2 Å². The molecular formula is C16H11BrO2S. The second kappa shape index (κ2) is 5.38. The monoisotopic (exact) mass is 346 g/mol. The molecule has 0 bridgehead atoms. The number of rotatable bonds is 3. The van der Waals surface area contributed by atoms with Crippen LogP contribution in [0.3, 0.4) is 0 Å². The Morgan fingerprint density at radius 2 is 1.95 bits per heavy atom. The van der Waals surface area contributed by atoms with Crippen LogP contribution in [0.4, 0.5) is 0 Å². The Morgan fingerprint density at radius 3 is 2.70 bits per heavy atom. The number of hydrogen-bond donors (Lipinski definition) is 1. The summed E-state index contributed by atoms with van der Waals surface area (Å²) in [7, 11) is 0. The average Bonchev–Trinajstić information content (AvgIpc) is 2.90. The number of hydrogen-bond acceptors (Lipinski definition) is 2. The Hall–Kier alpha value is -1.65. The summed E-state index contributed by atoms with van der Waals surface area (Å²) in [6.07, 6.45) is 0. The standard InChI is InChI=1S/C16H11BrO2S/c17-9-12-8-14-13(5-2-6-15(14)20-12)10-3-1-4-11(7-10)16(18)19/h1-8H,9H2,(H,18,19). The summed E-state index contributed by atoms with van der Waals surface area (Å²) in [5.74, 6) is -0.898. The Kier molecular flexibility index (Phi) is 3.59. The molecule has 0 saturated carbocycles. The molecule has 2 nitrogen and oxygen atoms in total. The molecule has 2 aromatic carbocycles. The first-order valence-electron chi connectivity index (χ1n) is 6.10. The molecule has 0 atom stereocenters. The molecule has 100 valence electrons. The summed E-state index contributed by atoms with van der Waals surface area (Å²) in [6, 6.07) is 15.4. The van der Waals surface area contributed by atoms with Crippen molar-refractivity contribution in [3.8, 4) is 11.1 Å². The van der Waals surface area contributed by atoms with E-state index in [1.807, 2.05) is 18.2 Å². The average molecular weight is 347 g/mol. The van der Waals surface area contributed by atoms with Crippen molar-refractivity contribution in [2.24, 2.45) is 0 Å². The van der Waals surface area contributed by atoms with Crippen molar-refractivity contribution in [3.05, 3.63) is 59.0 Å². The second-order valence-corrected chi connectivity index (χ2v) is 6.18. The topological polar surface area (TPSA) is 37.3 Å². The van der Waals surface area contributed by atoms with Crippen LogP contribution in [0.25, 0.3) is 21.2 Å². The molecule has 1 aromatic heterocycles. The summed E-state index contributed by atoms with van der Waals surface area (Å²) in [5.41, 5.74) is 2.33. The van der Waals surface area contributed by atoms with E-state index in [2.05, 4.69) is 28.1 Å². The third-order valence-electron chi connectivity index (χ3n) is 3.16. The van der Waals surface area contributed by atoms with Gasteiger partial charge in [-0.25, -0.2) is 4.79 Å². The Morgan fingerprint density at radius 1 is 1.15 bits per heavy atom. The number of benzene rings is 2. The molecule has 0 radical (unpaired) electrons. The quantitative estimate of drug-likeness (QED) is 0.665. The van der Waals surface area contributed by atoms with Crippen molar-refractivity contribution in [2.75, 3.05) is 0 Å². The number of halogens is 1. The molecule has 0 unspecified atom stereocenters. The summed E-state index contributed by atoms with van der Waals surface area (Å²) < 4.78 is 1.22. The van der Waals surface area contributed by atoms with Crippen LogP contribution in [0, 0.1) is 0 Å². The number of fused-ring (bicyclic) bond motifs is 1. The smallest absolute Gasteiger partial charge is 0.335 e. The fourth-order valence-electron chi connectivity index (χ4n) is 2.25. The zero-order chi connectivity index (χ0) is 14.1. The van der Waals surface area contributed by atoms with E-state index in [1.54, 1.807) is 29.5 Å². The summed E-state index contributed by atoms with van der Waals surface area (Å²) in [5, 5.41) is 11.1. The van der Waals surface area contributed by atoms with E-state index >= 15 is 0 Å². The van der Waals surface area contributed by atoms with E-state index < -0.39 is 5.97 Å². The van der Waals surface area contributed by atoms with Crippen molar-refractivity contribution in [1.29, 1.82) is 0 Å². The molecule has 20 heavy (non-hydrogen) atoms. The first kappa shape index (κ1) is 13.3. The number of carboxylic acids is 1. The molecule has 3 aromatic rings. The van der Waals surface area contributed by atoms with E-state index in [0.29, 0.717) is 5.56 Å². The van der Waals surface area contributed by atoms with Crippen molar-refractivity contribution >= 4 is 43.3 Å². The van der Waals surface area contributed by atoms with E-state index in [9.17, 15) is 4.79 Å². The summed E-state index contributed by atoms with van der Waals surface area (Å²) in [6.45, 7) is 0. The number of carbonyl (C=O) groups is 1. The van der Waals surface area contributed by atoms with Gasteiger partial charge in [0.15, 0.2) is 0 Å². The van der Waals surface area contributed by atoms with Gasteiger partial charge in [0.25, 0.3) is 0 Å². The van der Waals surface area contributed by atoms with Crippen LogP contribution >= 0.6 is 27.3 Å². The van der Waals surface area contributed by atoms with Gasteiger partial charge < -0.3 is 5.11 Å². The first-order chi connectivity index (χ1) is 9.69. The summed E-state index contributed by atoms with van der Waals surface area (Å²) >= 11 is 5.23. The molecule has 0 fully saturated rings. The second-order valence-electron chi connectivity index (χ2n) is 4.45. The van der Waals surface area contributed by atoms with Gasteiger partial charge in [-0.3, -0.25) is 0 Å². The van der Waals surface area contributed by atoms with Crippen LogP contribution in [-0.4, -0.2) is 11.1 Å². The lowest BCUT2D eigenvalue weighted by Gasteiger charge is -2.04. The Balaban J connectivity index is 2.21. The minimum Gasteiger partial charge on any atom is -0.478 e. The fraction of sp³-hybridized carbons (Fsp3) is 0.0625. The van der Waals surface area contributed by atoms with Crippen LogP contribution in [0.15, 0.2) is 48.5 Å². The van der Waals surface area contributed by atoms with Crippen LogP contribution < -0.4 is 0 Å². The fourth-order valence-corrected chi connectivity index (χ4v) is 3.70. The molecular weight excluding hydrogens is 336 g/mol. The zero-order valence-electron chi connectivity index (χ0n) is 10.5. The largest absolute Gasteiger partial charge is 0.478 e. The van der Waals surface area contributed by atoms with Gasteiger partial charge in [-0.2, -0.15) is 0 Å².